The summed E-state index contributed by atoms with van der Waals surface area (Å²) in [4.78, 5) is 15.2. The molecular formula is C25H27N3O6S2. The predicted molar refractivity (Wildman–Crippen MR) is 137 cm³/mol. The van der Waals surface area contributed by atoms with E-state index in [-0.39, 0.29) is 9.79 Å². The Morgan fingerprint density at radius 1 is 0.889 bits per heavy atom. The van der Waals surface area contributed by atoms with E-state index >= 15 is 0 Å². The molecule has 0 aromatic heterocycles. The number of hydrogen-bond donors (Lipinski definition) is 0. The number of carbonyl (C=O) groups excluding carboxylic acids is 1. The van der Waals surface area contributed by atoms with Crippen LogP contribution in [0.5, 0.6) is 5.75 Å². The van der Waals surface area contributed by atoms with Gasteiger partial charge in [-0.3, -0.25) is 9.10 Å². The first-order valence-electron chi connectivity index (χ1n) is 11.1. The number of ether oxygens (including phenoxy) is 1. The SMILES string of the molecule is COc1ccc(N(CC(=O)N2CCc3cc(S(=O)(=O)N(C)C)ccc32)S(=O)(=O)c2ccccc2)cc1. The topological polar surface area (TPSA) is 104 Å². The van der Waals surface area contributed by atoms with Gasteiger partial charge in [-0.25, -0.2) is 21.1 Å². The van der Waals surface area contributed by atoms with Crippen LogP contribution in [0.4, 0.5) is 11.4 Å². The molecule has 0 unspecified atom stereocenters. The van der Waals surface area contributed by atoms with Gasteiger partial charge in [0.2, 0.25) is 15.9 Å². The number of anilines is 2. The summed E-state index contributed by atoms with van der Waals surface area (Å²) in [5, 5.41) is 0. The molecule has 0 fully saturated rings. The first-order valence-corrected chi connectivity index (χ1v) is 14.0. The average molecular weight is 530 g/mol. The molecule has 9 nitrogen and oxygen atoms in total. The fraction of sp³-hybridized carbons (Fsp3) is 0.240. The number of sulfonamides is 2. The molecular weight excluding hydrogens is 502 g/mol. The van der Waals surface area contributed by atoms with Gasteiger partial charge in [0.1, 0.15) is 12.3 Å². The number of nitrogens with zero attached hydrogens (tertiary/aromatic N) is 3. The summed E-state index contributed by atoms with van der Waals surface area (Å²) in [5.74, 6) is 0.131. The van der Waals surface area contributed by atoms with Gasteiger partial charge in [-0.05, 0) is 66.6 Å². The minimum atomic E-state index is -4.05. The number of fused-ring (bicyclic) bond motifs is 1. The van der Waals surface area contributed by atoms with Gasteiger partial charge in [-0.15, -0.1) is 0 Å². The van der Waals surface area contributed by atoms with Gasteiger partial charge in [0.25, 0.3) is 10.0 Å². The van der Waals surface area contributed by atoms with Crippen molar-refractivity contribution in [2.45, 2.75) is 16.2 Å². The second-order valence-electron chi connectivity index (χ2n) is 8.40. The summed E-state index contributed by atoms with van der Waals surface area (Å²) >= 11 is 0. The Kier molecular flexibility index (Phi) is 7.07. The van der Waals surface area contributed by atoms with Crippen molar-refractivity contribution in [3.8, 4) is 5.75 Å². The molecule has 1 aliphatic heterocycles. The molecule has 0 spiro atoms. The summed E-state index contributed by atoms with van der Waals surface area (Å²) in [6, 6.07) is 19.0. The maximum Gasteiger partial charge on any atom is 0.264 e. The van der Waals surface area contributed by atoms with Crippen LogP contribution < -0.4 is 13.9 Å². The predicted octanol–water partition coefficient (Wildman–Crippen LogP) is 2.73. The molecule has 0 saturated carbocycles. The lowest BCUT2D eigenvalue weighted by molar-refractivity contribution is -0.117. The number of methoxy groups -OCH3 is 1. The van der Waals surface area contributed by atoms with Gasteiger partial charge in [0.15, 0.2) is 0 Å². The van der Waals surface area contributed by atoms with E-state index in [1.807, 2.05) is 0 Å². The molecule has 0 radical (unpaired) electrons. The largest absolute Gasteiger partial charge is 0.497 e. The lowest BCUT2D eigenvalue weighted by atomic mass is 10.2. The van der Waals surface area contributed by atoms with Crippen LogP contribution in [-0.2, 0) is 31.3 Å². The van der Waals surface area contributed by atoms with E-state index in [1.165, 1.54) is 44.3 Å². The lowest BCUT2D eigenvalue weighted by Gasteiger charge is -2.27. The Bertz CT molecular complexity index is 1470. The summed E-state index contributed by atoms with van der Waals surface area (Å²) in [6.45, 7) is -0.109. The Balaban J connectivity index is 1.67. The van der Waals surface area contributed by atoms with E-state index < -0.39 is 32.5 Å². The van der Waals surface area contributed by atoms with Gasteiger partial charge >= 0.3 is 0 Å². The molecule has 1 heterocycles. The van der Waals surface area contributed by atoms with Crippen LogP contribution in [0, 0.1) is 0 Å². The Hall–Kier alpha value is -3.41. The van der Waals surface area contributed by atoms with E-state index in [0.717, 1.165) is 8.61 Å². The van der Waals surface area contributed by atoms with Crippen molar-refractivity contribution in [1.82, 2.24) is 4.31 Å². The first kappa shape index (κ1) is 25.7. The molecule has 0 saturated heterocycles. The van der Waals surface area contributed by atoms with Gasteiger partial charge in [0, 0.05) is 26.3 Å². The highest BCUT2D eigenvalue weighted by Gasteiger charge is 2.32. The van der Waals surface area contributed by atoms with Crippen molar-refractivity contribution >= 4 is 37.3 Å². The third-order valence-electron chi connectivity index (χ3n) is 6.00. The molecule has 3 aromatic carbocycles. The van der Waals surface area contributed by atoms with Crippen molar-refractivity contribution in [1.29, 1.82) is 0 Å². The maximum atomic E-state index is 13.6. The smallest absolute Gasteiger partial charge is 0.264 e. The van der Waals surface area contributed by atoms with Crippen LogP contribution in [0.3, 0.4) is 0 Å². The quantitative estimate of drug-likeness (QED) is 0.445. The number of rotatable bonds is 8. The highest BCUT2D eigenvalue weighted by atomic mass is 32.2. The van der Waals surface area contributed by atoms with E-state index in [2.05, 4.69) is 0 Å². The van der Waals surface area contributed by atoms with Crippen molar-refractivity contribution in [2.75, 3.05) is 43.5 Å². The highest BCUT2D eigenvalue weighted by molar-refractivity contribution is 7.92. The molecule has 0 N–H and O–H groups in total. The molecule has 1 amide bonds. The van der Waals surface area contributed by atoms with Gasteiger partial charge in [-0.1, -0.05) is 18.2 Å². The van der Waals surface area contributed by atoms with Crippen LogP contribution in [0.2, 0.25) is 0 Å². The minimum Gasteiger partial charge on any atom is -0.497 e. The average Bonchev–Trinajstić information content (AvgIpc) is 3.31. The summed E-state index contributed by atoms with van der Waals surface area (Å²) < 4.78 is 59.5. The number of amides is 1. The molecule has 0 bridgehead atoms. The van der Waals surface area contributed by atoms with E-state index in [1.54, 1.807) is 54.6 Å². The van der Waals surface area contributed by atoms with E-state index in [0.29, 0.717) is 35.7 Å². The molecule has 11 heteroatoms. The van der Waals surface area contributed by atoms with E-state index in [4.69, 9.17) is 4.74 Å². The fourth-order valence-electron chi connectivity index (χ4n) is 4.00. The van der Waals surface area contributed by atoms with Crippen molar-refractivity contribution in [3.63, 3.8) is 0 Å². The Morgan fingerprint density at radius 3 is 2.17 bits per heavy atom. The fourth-order valence-corrected chi connectivity index (χ4v) is 6.39. The van der Waals surface area contributed by atoms with Crippen molar-refractivity contribution in [3.05, 3.63) is 78.4 Å². The first-order chi connectivity index (χ1) is 17.1. The third-order valence-corrected chi connectivity index (χ3v) is 9.60. The second-order valence-corrected chi connectivity index (χ2v) is 12.4. The van der Waals surface area contributed by atoms with Crippen molar-refractivity contribution in [2.24, 2.45) is 0 Å². The zero-order valence-corrected chi connectivity index (χ0v) is 21.8. The third kappa shape index (κ3) is 4.81. The Labute approximate surface area is 211 Å². The molecule has 4 rings (SSSR count). The number of hydrogen-bond acceptors (Lipinski definition) is 6. The molecule has 0 atom stereocenters. The zero-order chi connectivity index (χ0) is 26.1. The van der Waals surface area contributed by atoms with E-state index in [9.17, 15) is 21.6 Å². The lowest BCUT2D eigenvalue weighted by Crippen LogP contribution is -2.42. The van der Waals surface area contributed by atoms with Crippen LogP contribution in [-0.4, -0.2) is 61.3 Å². The highest BCUT2D eigenvalue weighted by Crippen LogP contribution is 2.32. The van der Waals surface area contributed by atoms with Crippen LogP contribution >= 0.6 is 0 Å². The number of carbonyl (C=O) groups is 1. The summed E-state index contributed by atoms with van der Waals surface area (Å²) in [6.07, 6.45) is 0.464. The van der Waals surface area contributed by atoms with Crippen LogP contribution in [0.15, 0.2) is 82.6 Å². The zero-order valence-electron chi connectivity index (χ0n) is 20.2. The normalized spacial score (nSPS) is 13.5. The second kappa shape index (κ2) is 9.92. The molecule has 0 aliphatic carbocycles. The molecule has 190 valence electrons. The van der Waals surface area contributed by atoms with Gasteiger partial charge < -0.3 is 9.64 Å². The monoisotopic (exact) mass is 529 g/mol. The minimum absolute atomic E-state index is 0.0639. The molecule has 3 aromatic rings. The summed E-state index contributed by atoms with van der Waals surface area (Å²) in [5.41, 5.74) is 1.61. The summed E-state index contributed by atoms with van der Waals surface area (Å²) in [7, 11) is -3.24. The standard InChI is InChI=1S/C25H27N3O6S2/c1-26(2)35(30,31)23-13-14-24-19(17-23)15-16-27(24)25(29)18-28(20-9-11-21(34-3)12-10-20)36(32,33)22-7-5-4-6-8-22/h4-14,17H,15-16,18H2,1-3H3. The molecule has 1 aliphatic rings. The Morgan fingerprint density at radius 2 is 1.56 bits per heavy atom. The van der Waals surface area contributed by atoms with Gasteiger partial charge in [0.05, 0.1) is 22.6 Å². The van der Waals surface area contributed by atoms with Crippen molar-refractivity contribution < 1.29 is 26.4 Å². The van der Waals surface area contributed by atoms with Crippen LogP contribution in [0.1, 0.15) is 5.56 Å². The maximum absolute atomic E-state index is 13.6. The van der Waals surface area contributed by atoms with Crippen LogP contribution in [0.25, 0.3) is 0 Å². The van der Waals surface area contributed by atoms with Gasteiger partial charge in [-0.2, -0.15) is 0 Å². The number of benzene rings is 3. The molecule has 36 heavy (non-hydrogen) atoms.